The molecule has 4 nitrogen and oxygen atoms in total. The smallest absolute Gasteiger partial charge is 0.353 e. The zero-order valence-electron chi connectivity index (χ0n) is 15.4. The van der Waals surface area contributed by atoms with Crippen LogP contribution >= 0.6 is 0 Å². The number of nitrogens with one attached hydrogen (secondary N) is 1. The second-order valence-electron chi connectivity index (χ2n) is 7.74. The van der Waals surface area contributed by atoms with Crippen LogP contribution in [0.25, 0.3) is 0 Å². The van der Waals surface area contributed by atoms with Crippen LogP contribution in [0, 0.1) is 5.41 Å². The molecule has 0 bridgehead atoms. The second-order valence-corrected chi connectivity index (χ2v) is 9.95. The summed E-state index contributed by atoms with van der Waals surface area (Å²) >= 11 is 0. The average Bonchev–Trinajstić information content (AvgIpc) is 3.45. The van der Waals surface area contributed by atoms with Gasteiger partial charge in [-0.1, -0.05) is 6.07 Å². The summed E-state index contributed by atoms with van der Waals surface area (Å²) in [5.74, 6) is -1.22. The lowest BCUT2D eigenvalue weighted by Gasteiger charge is -2.34. The van der Waals surface area contributed by atoms with E-state index in [1.165, 1.54) is 0 Å². The number of benzene rings is 1. The molecule has 2 aliphatic rings. The minimum absolute atomic E-state index is 0.256. The molecule has 1 aromatic rings. The van der Waals surface area contributed by atoms with Gasteiger partial charge in [0.1, 0.15) is 5.41 Å². The molecule has 0 saturated heterocycles. The van der Waals surface area contributed by atoms with Crippen molar-refractivity contribution in [2.45, 2.75) is 66.8 Å². The first-order valence-corrected chi connectivity index (χ1v) is 10.6. The van der Waals surface area contributed by atoms with Crippen molar-refractivity contribution in [3.63, 3.8) is 0 Å². The fraction of sp³-hybridized carbons (Fsp3) is 0.611. The van der Waals surface area contributed by atoms with Crippen LogP contribution in [0.3, 0.4) is 0 Å². The van der Waals surface area contributed by atoms with E-state index in [0.29, 0.717) is 12.1 Å². The number of hydrogen-bond donors (Lipinski definition) is 1. The molecule has 0 spiro atoms. The minimum atomic E-state index is -4.81. The van der Waals surface area contributed by atoms with Crippen LogP contribution in [-0.2, 0) is 20.8 Å². The standard InChI is InChI=1S/C18H18F7NO3S/c19-16(30(28,29)13-3-1-2-11(10-13)17(20,21)22)6-4-12(5-7-16)26-14(27)15(8-9-15)18(23,24)25/h1-3,10,12H,4-9H2,(H,26,27)/t12-,16+. The maximum absolute atomic E-state index is 15.2. The molecule has 168 valence electrons. The molecule has 0 aromatic heterocycles. The summed E-state index contributed by atoms with van der Waals surface area (Å²) in [7, 11) is -4.79. The Balaban J connectivity index is 1.71. The van der Waals surface area contributed by atoms with Crippen LogP contribution in [-0.4, -0.2) is 31.5 Å². The van der Waals surface area contributed by atoms with E-state index in [9.17, 15) is 39.6 Å². The number of sulfone groups is 1. The third-order valence-corrected chi connectivity index (χ3v) is 7.99. The van der Waals surface area contributed by atoms with Crippen LogP contribution in [0.1, 0.15) is 44.1 Å². The lowest BCUT2D eigenvalue weighted by molar-refractivity contribution is -0.192. The van der Waals surface area contributed by atoms with Crippen LogP contribution in [0.5, 0.6) is 0 Å². The van der Waals surface area contributed by atoms with Gasteiger partial charge in [-0.3, -0.25) is 4.79 Å². The Labute approximate surface area is 167 Å². The molecule has 3 rings (SSSR count). The summed E-state index contributed by atoms with van der Waals surface area (Å²) in [5, 5.41) is -0.658. The number of carbonyl (C=O) groups is 1. The van der Waals surface area contributed by atoms with Crippen LogP contribution in [0.2, 0.25) is 0 Å². The summed E-state index contributed by atoms with van der Waals surface area (Å²) in [6.07, 6.45) is -12.0. The van der Waals surface area contributed by atoms with Gasteiger partial charge in [-0.15, -0.1) is 0 Å². The van der Waals surface area contributed by atoms with E-state index < -0.39 is 67.9 Å². The molecule has 2 fully saturated rings. The zero-order valence-corrected chi connectivity index (χ0v) is 16.2. The van der Waals surface area contributed by atoms with Crippen molar-refractivity contribution in [2.24, 2.45) is 5.41 Å². The summed E-state index contributed by atoms with van der Waals surface area (Å²) < 4.78 is 118. The fourth-order valence-electron chi connectivity index (χ4n) is 3.60. The van der Waals surface area contributed by atoms with Gasteiger partial charge in [0, 0.05) is 6.04 Å². The molecule has 2 aliphatic carbocycles. The molecule has 2 saturated carbocycles. The van der Waals surface area contributed by atoms with Crippen molar-refractivity contribution in [1.29, 1.82) is 0 Å². The Morgan fingerprint density at radius 1 is 1.00 bits per heavy atom. The molecule has 30 heavy (non-hydrogen) atoms. The van der Waals surface area contributed by atoms with E-state index in [1.807, 2.05) is 0 Å². The first kappa shape index (κ1) is 22.8. The van der Waals surface area contributed by atoms with Crippen LogP contribution in [0.4, 0.5) is 30.7 Å². The van der Waals surface area contributed by atoms with Gasteiger partial charge < -0.3 is 5.32 Å². The third-order valence-electron chi connectivity index (χ3n) is 5.75. The Bertz CT molecular complexity index is 928. The number of amides is 1. The molecular formula is C18H18F7NO3S. The van der Waals surface area contributed by atoms with Crippen molar-refractivity contribution in [3.05, 3.63) is 29.8 Å². The topological polar surface area (TPSA) is 63.2 Å². The largest absolute Gasteiger partial charge is 0.416 e. The van der Waals surface area contributed by atoms with Crippen molar-refractivity contribution < 1.29 is 43.9 Å². The first-order chi connectivity index (χ1) is 13.6. The van der Waals surface area contributed by atoms with E-state index in [1.54, 1.807) is 0 Å². The van der Waals surface area contributed by atoms with E-state index in [2.05, 4.69) is 5.32 Å². The maximum atomic E-state index is 15.2. The monoisotopic (exact) mass is 461 g/mol. The van der Waals surface area contributed by atoms with E-state index in [-0.39, 0.29) is 25.7 Å². The Morgan fingerprint density at radius 2 is 1.57 bits per heavy atom. The number of hydrogen-bond acceptors (Lipinski definition) is 3. The number of rotatable bonds is 4. The lowest BCUT2D eigenvalue weighted by Crippen LogP contribution is -2.49. The maximum Gasteiger partial charge on any atom is 0.416 e. The van der Waals surface area contributed by atoms with Crippen molar-refractivity contribution in [1.82, 2.24) is 5.32 Å². The predicted octanol–water partition coefficient (Wildman–Crippen LogP) is 4.55. The number of halogens is 7. The van der Waals surface area contributed by atoms with Crippen molar-refractivity contribution in [2.75, 3.05) is 0 Å². The van der Waals surface area contributed by atoms with Gasteiger partial charge in [0.2, 0.25) is 20.7 Å². The van der Waals surface area contributed by atoms with E-state index in [4.69, 9.17) is 0 Å². The molecule has 1 amide bonds. The van der Waals surface area contributed by atoms with Gasteiger partial charge in [0.15, 0.2) is 0 Å². The van der Waals surface area contributed by atoms with Crippen molar-refractivity contribution >= 4 is 15.7 Å². The van der Waals surface area contributed by atoms with Crippen LogP contribution in [0.15, 0.2) is 29.2 Å². The van der Waals surface area contributed by atoms with Gasteiger partial charge in [0.25, 0.3) is 0 Å². The van der Waals surface area contributed by atoms with Gasteiger partial charge in [-0.2, -0.15) is 26.3 Å². The molecule has 0 heterocycles. The fourth-order valence-corrected chi connectivity index (χ4v) is 5.34. The SMILES string of the molecule is O=C(N[C@H]1CC[C@@](F)(S(=O)(=O)c2cccc(C(F)(F)F)c2)CC1)C1(C(F)(F)F)CC1. The highest BCUT2D eigenvalue weighted by atomic mass is 32.2. The predicted molar refractivity (Wildman–Crippen MR) is 90.6 cm³/mol. The van der Waals surface area contributed by atoms with E-state index >= 15 is 4.39 Å². The van der Waals surface area contributed by atoms with Gasteiger partial charge in [-0.05, 0) is 56.7 Å². The second kappa shape index (κ2) is 7.10. The van der Waals surface area contributed by atoms with Gasteiger partial charge in [0.05, 0.1) is 10.5 Å². The minimum Gasteiger partial charge on any atom is -0.353 e. The summed E-state index contributed by atoms with van der Waals surface area (Å²) in [4.78, 5) is 11.2. The Hall–Kier alpha value is -1.85. The highest BCUT2D eigenvalue weighted by Crippen LogP contribution is 2.58. The summed E-state index contributed by atoms with van der Waals surface area (Å²) in [6.45, 7) is 0. The number of carbonyl (C=O) groups excluding carboxylic acids is 1. The molecule has 1 aromatic carbocycles. The third kappa shape index (κ3) is 3.90. The molecule has 0 aliphatic heterocycles. The average molecular weight is 461 g/mol. The lowest BCUT2D eigenvalue weighted by atomic mass is 9.92. The Morgan fingerprint density at radius 3 is 2.03 bits per heavy atom. The number of alkyl halides is 7. The summed E-state index contributed by atoms with van der Waals surface area (Å²) in [5.41, 5.74) is -3.68. The van der Waals surface area contributed by atoms with Gasteiger partial charge >= 0.3 is 12.4 Å². The molecule has 1 N–H and O–H groups in total. The molecule has 0 atom stereocenters. The highest BCUT2D eigenvalue weighted by Gasteiger charge is 2.68. The molecule has 0 radical (unpaired) electrons. The van der Waals surface area contributed by atoms with Crippen molar-refractivity contribution in [3.8, 4) is 0 Å². The van der Waals surface area contributed by atoms with Crippen LogP contribution < -0.4 is 5.32 Å². The molecular weight excluding hydrogens is 443 g/mol. The zero-order chi connectivity index (χ0) is 22.6. The van der Waals surface area contributed by atoms with Gasteiger partial charge in [-0.25, -0.2) is 12.8 Å². The molecule has 0 unspecified atom stereocenters. The summed E-state index contributed by atoms with van der Waals surface area (Å²) in [6, 6.07) is 1.88. The quantitative estimate of drug-likeness (QED) is 0.670. The normalized spacial score (nSPS) is 26.8. The first-order valence-electron chi connectivity index (χ1n) is 9.11. The highest BCUT2D eigenvalue weighted by molar-refractivity contribution is 7.92. The molecule has 12 heteroatoms. The van der Waals surface area contributed by atoms with E-state index in [0.717, 1.165) is 12.1 Å². The Kier molecular flexibility index (Phi) is 5.40.